The summed E-state index contributed by atoms with van der Waals surface area (Å²) in [5.41, 5.74) is 6.18. The second-order valence-electron chi connectivity index (χ2n) is 4.56. The molecule has 3 heterocycles. The molecule has 0 bridgehead atoms. The van der Waals surface area contributed by atoms with Crippen LogP contribution in [0.3, 0.4) is 0 Å². The number of aryl methyl sites for hydroxylation is 1. The Morgan fingerprint density at radius 1 is 1.53 bits per heavy atom. The first kappa shape index (κ1) is 12.3. The van der Waals surface area contributed by atoms with E-state index in [2.05, 4.69) is 31.0 Å². The number of aromatic nitrogens is 4. The summed E-state index contributed by atoms with van der Waals surface area (Å²) in [6, 6.07) is -0.301. The topological polar surface area (TPSA) is 89.9 Å². The highest BCUT2D eigenvalue weighted by Crippen LogP contribution is 2.33. The van der Waals surface area contributed by atoms with E-state index in [4.69, 9.17) is 5.73 Å². The van der Waals surface area contributed by atoms with E-state index < -0.39 is 0 Å². The number of amides is 1. The molecule has 8 heteroatoms. The zero-order valence-corrected chi connectivity index (χ0v) is 12.0. The van der Waals surface area contributed by atoms with Crippen LogP contribution < -0.4 is 10.6 Å². The number of fused-ring (bicyclic) bond motifs is 1. The van der Waals surface area contributed by atoms with Crippen LogP contribution in [0.1, 0.15) is 12.8 Å². The molecule has 19 heavy (non-hydrogen) atoms. The molecule has 1 aliphatic rings. The van der Waals surface area contributed by atoms with Gasteiger partial charge in [-0.05, 0) is 28.8 Å². The molecule has 1 aliphatic heterocycles. The average molecular weight is 325 g/mol. The molecule has 2 aromatic heterocycles. The quantitative estimate of drug-likeness (QED) is 0.872. The van der Waals surface area contributed by atoms with Crippen molar-refractivity contribution >= 4 is 38.7 Å². The van der Waals surface area contributed by atoms with Crippen molar-refractivity contribution < 1.29 is 4.79 Å². The first-order valence-corrected chi connectivity index (χ1v) is 6.78. The van der Waals surface area contributed by atoms with Gasteiger partial charge in [0.1, 0.15) is 22.8 Å². The van der Waals surface area contributed by atoms with Crippen LogP contribution in [-0.4, -0.2) is 38.2 Å². The normalized spacial score (nSPS) is 19.3. The zero-order chi connectivity index (χ0) is 13.6. The van der Waals surface area contributed by atoms with Crippen LogP contribution in [-0.2, 0) is 11.8 Å². The number of anilines is 1. The standard InChI is InChI=1S/C11H13BrN6O/c1-17-10-7(8(12)16-17)11(15-5-14-10)18-4-2-3-6(18)9(13)19/h5-6H,2-4H2,1H3,(H2,13,19)/t6-/m0/s1. The molecule has 7 nitrogen and oxygen atoms in total. The molecule has 3 rings (SSSR count). The van der Waals surface area contributed by atoms with Crippen LogP contribution in [0, 0.1) is 0 Å². The lowest BCUT2D eigenvalue weighted by atomic mass is 10.2. The van der Waals surface area contributed by atoms with Gasteiger partial charge in [-0.1, -0.05) is 0 Å². The van der Waals surface area contributed by atoms with Gasteiger partial charge >= 0.3 is 0 Å². The smallest absolute Gasteiger partial charge is 0.240 e. The van der Waals surface area contributed by atoms with Gasteiger partial charge < -0.3 is 10.6 Å². The lowest BCUT2D eigenvalue weighted by Crippen LogP contribution is -2.40. The molecule has 0 radical (unpaired) electrons. The van der Waals surface area contributed by atoms with Crippen molar-refractivity contribution in [1.82, 2.24) is 19.7 Å². The minimum Gasteiger partial charge on any atom is -0.368 e. The maximum Gasteiger partial charge on any atom is 0.240 e. The van der Waals surface area contributed by atoms with Crippen molar-refractivity contribution in [3.8, 4) is 0 Å². The summed E-state index contributed by atoms with van der Waals surface area (Å²) < 4.78 is 2.36. The lowest BCUT2D eigenvalue weighted by molar-refractivity contribution is -0.119. The summed E-state index contributed by atoms with van der Waals surface area (Å²) in [4.78, 5) is 22.0. The summed E-state index contributed by atoms with van der Waals surface area (Å²) in [5.74, 6) is 0.399. The first-order chi connectivity index (χ1) is 9.09. The number of halogens is 1. The Balaban J connectivity index is 2.17. The van der Waals surface area contributed by atoms with E-state index in [0.717, 1.165) is 30.4 Å². The van der Waals surface area contributed by atoms with Crippen molar-refractivity contribution in [2.45, 2.75) is 18.9 Å². The highest BCUT2D eigenvalue weighted by atomic mass is 79.9. The lowest BCUT2D eigenvalue weighted by Gasteiger charge is -2.23. The second kappa shape index (κ2) is 4.44. The van der Waals surface area contributed by atoms with Crippen molar-refractivity contribution in [2.24, 2.45) is 12.8 Å². The number of hydrogen-bond donors (Lipinski definition) is 1. The van der Waals surface area contributed by atoms with Crippen LogP contribution in [0.15, 0.2) is 10.9 Å². The van der Waals surface area contributed by atoms with Gasteiger partial charge in [-0.2, -0.15) is 5.10 Å². The third kappa shape index (κ3) is 1.86. The molecule has 2 N–H and O–H groups in total. The second-order valence-corrected chi connectivity index (χ2v) is 5.32. The van der Waals surface area contributed by atoms with E-state index in [9.17, 15) is 4.79 Å². The number of hydrogen-bond acceptors (Lipinski definition) is 5. The zero-order valence-electron chi connectivity index (χ0n) is 10.4. The Hall–Kier alpha value is -1.70. The van der Waals surface area contributed by atoms with Gasteiger partial charge in [0.2, 0.25) is 5.91 Å². The van der Waals surface area contributed by atoms with E-state index >= 15 is 0 Å². The van der Waals surface area contributed by atoms with Gasteiger partial charge in [-0.15, -0.1) is 0 Å². The SMILES string of the molecule is Cn1nc(Br)c2c(N3CCC[C@H]3C(N)=O)ncnc21. The maximum atomic E-state index is 11.5. The summed E-state index contributed by atoms with van der Waals surface area (Å²) in [5, 5.41) is 5.10. The predicted octanol–water partition coefficient (Wildman–Crippen LogP) is 0.580. The first-order valence-electron chi connectivity index (χ1n) is 5.98. The van der Waals surface area contributed by atoms with Crippen LogP contribution in [0.5, 0.6) is 0 Å². The van der Waals surface area contributed by atoms with E-state index in [1.54, 1.807) is 4.68 Å². The van der Waals surface area contributed by atoms with Crippen LogP contribution >= 0.6 is 15.9 Å². The molecule has 1 saturated heterocycles. The number of carbonyl (C=O) groups excluding carboxylic acids is 1. The van der Waals surface area contributed by atoms with Gasteiger partial charge in [0.15, 0.2) is 5.65 Å². The largest absolute Gasteiger partial charge is 0.368 e. The van der Waals surface area contributed by atoms with E-state index in [0.29, 0.717) is 10.4 Å². The number of rotatable bonds is 2. The average Bonchev–Trinajstić information content (AvgIpc) is 2.96. The molecule has 0 aliphatic carbocycles. The monoisotopic (exact) mass is 324 g/mol. The van der Waals surface area contributed by atoms with E-state index in [1.807, 2.05) is 11.9 Å². The molecule has 2 aromatic rings. The highest BCUT2D eigenvalue weighted by Gasteiger charge is 2.32. The molecular weight excluding hydrogens is 312 g/mol. The number of nitrogens with two attached hydrogens (primary N) is 1. The predicted molar refractivity (Wildman–Crippen MR) is 73.6 cm³/mol. The molecular formula is C11H13BrN6O. The molecule has 1 atom stereocenters. The van der Waals surface area contributed by atoms with E-state index in [1.165, 1.54) is 6.33 Å². The summed E-state index contributed by atoms with van der Waals surface area (Å²) in [7, 11) is 1.82. The Morgan fingerprint density at radius 2 is 2.32 bits per heavy atom. The third-order valence-corrected chi connectivity index (χ3v) is 3.97. The Labute approximate surface area is 117 Å². The molecule has 1 amide bonds. The van der Waals surface area contributed by atoms with Crippen molar-refractivity contribution in [2.75, 3.05) is 11.4 Å². The fraction of sp³-hybridized carbons (Fsp3) is 0.455. The minimum absolute atomic E-state index is 0.301. The molecule has 0 aromatic carbocycles. The summed E-state index contributed by atoms with van der Waals surface area (Å²) >= 11 is 3.42. The molecule has 0 unspecified atom stereocenters. The number of carbonyl (C=O) groups is 1. The maximum absolute atomic E-state index is 11.5. The molecule has 0 saturated carbocycles. The van der Waals surface area contributed by atoms with Crippen molar-refractivity contribution in [1.29, 1.82) is 0 Å². The molecule has 100 valence electrons. The third-order valence-electron chi connectivity index (χ3n) is 3.41. The minimum atomic E-state index is -0.315. The van der Waals surface area contributed by atoms with Crippen LogP contribution in [0.4, 0.5) is 5.82 Å². The van der Waals surface area contributed by atoms with Crippen LogP contribution in [0.2, 0.25) is 0 Å². The van der Waals surface area contributed by atoms with E-state index in [-0.39, 0.29) is 11.9 Å². The fourth-order valence-corrected chi connectivity index (χ4v) is 3.15. The van der Waals surface area contributed by atoms with Gasteiger partial charge in [-0.25, -0.2) is 14.6 Å². The highest BCUT2D eigenvalue weighted by molar-refractivity contribution is 9.10. The van der Waals surface area contributed by atoms with Crippen molar-refractivity contribution in [3.05, 3.63) is 10.9 Å². The van der Waals surface area contributed by atoms with Gasteiger partial charge in [0, 0.05) is 13.6 Å². The Bertz CT molecular complexity index is 654. The number of primary amides is 1. The fourth-order valence-electron chi connectivity index (χ4n) is 2.56. The van der Waals surface area contributed by atoms with Gasteiger partial charge in [0.25, 0.3) is 0 Å². The van der Waals surface area contributed by atoms with Crippen LogP contribution in [0.25, 0.3) is 11.0 Å². The van der Waals surface area contributed by atoms with Gasteiger partial charge in [0.05, 0.1) is 5.39 Å². The molecule has 0 spiro atoms. The van der Waals surface area contributed by atoms with Crippen molar-refractivity contribution in [3.63, 3.8) is 0 Å². The molecule has 1 fully saturated rings. The van der Waals surface area contributed by atoms with Gasteiger partial charge in [-0.3, -0.25) is 4.79 Å². The summed E-state index contributed by atoms with van der Waals surface area (Å²) in [6.07, 6.45) is 3.18. The summed E-state index contributed by atoms with van der Waals surface area (Å²) in [6.45, 7) is 0.765. The Kier molecular flexibility index (Phi) is 2.89. The Morgan fingerprint density at radius 3 is 3.05 bits per heavy atom. The number of nitrogens with zero attached hydrogens (tertiary/aromatic N) is 5.